The van der Waals surface area contributed by atoms with Gasteiger partial charge >= 0.3 is 0 Å². The van der Waals surface area contributed by atoms with Gasteiger partial charge in [0, 0.05) is 21.9 Å². The lowest BCUT2D eigenvalue weighted by molar-refractivity contribution is 0.142. The highest BCUT2D eigenvalue weighted by Gasteiger charge is 2.21. The second kappa shape index (κ2) is 5.17. The molecule has 20 heavy (non-hydrogen) atoms. The van der Waals surface area contributed by atoms with Crippen molar-refractivity contribution in [2.45, 2.75) is 13.5 Å². The van der Waals surface area contributed by atoms with Crippen LogP contribution in [-0.4, -0.2) is 20.8 Å². The van der Waals surface area contributed by atoms with Gasteiger partial charge in [-0.25, -0.2) is 0 Å². The van der Waals surface area contributed by atoms with Crippen LogP contribution in [0.2, 0.25) is 0 Å². The van der Waals surface area contributed by atoms with Crippen molar-refractivity contribution in [1.29, 1.82) is 0 Å². The first-order valence-corrected chi connectivity index (χ1v) is 6.66. The summed E-state index contributed by atoms with van der Waals surface area (Å²) in [5.74, 6) is 1.77. The van der Waals surface area contributed by atoms with E-state index in [9.17, 15) is 0 Å². The first kappa shape index (κ1) is 13.0. The monoisotopic (exact) mass is 270 g/mol. The Bertz CT molecular complexity index is 686. The molecule has 1 heterocycles. The van der Waals surface area contributed by atoms with Crippen molar-refractivity contribution in [2.75, 3.05) is 20.8 Å². The smallest absolute Gasteiger partial charge is 0.134 e. The van der Waals surface area contributed by atoms with Gasteiger partial charge in [0.05, 0.1) is 27.4 Å². The molecule has 3 rings (SSSR count). The fraction of sp³-hybridized carbons (Fsp3) is 0.294. The normalized spacial score (nSPS) is 14.4. The Morgan fingerprint density at radius 3 is 2.25 bits per heavy atom. The molecule has 0 aliphatic carbocycles. The highest BCUT2D eigenvalue weighted by atomic mass is 16.5. The van der Waals surface area contributed by atoms with Gasteiger partial charge in [0.15, 0.2) is 0 Å². The zero-order chi connectivity index (χ0) is 14.1. The molecule has 0 aromatic heterocycles. The second-order valence-electron chi connectivity index (χ2n) is 4.99. The number of ether oxygens (including phenoxy) is 3. The molecule has 0 bridgehead atoms. The Morgan fingerprint density at radius 2 is 1.60 bits per heavy atom. The average molecular weight is 270 g/mol. The van der Waals surface area contributed by atoms with Crippen LogP contribution in [-0.2, 0) is 11.3 Å². The van der Waals surface area contributed by atoms with E-state index >= 15 is 0 Å². The third-order valence-electron chi connectivity index (χ3n) is 3.64. The van der Waals surface area contributed by atoms with Gasteiger partial charge in [-0.1, -0.05) is 24.3 Å². The third-order valence-corrected chi connectivity index (χ3v) is 3.64. The minimum Gasteiger partial charge on any atom is -0.496 e. The molecule has 0 fully saturated rings. The van der Waals surface area contributed by atoms with Gasteiger partial charge < -0.3 is 14.2 Å². The molecule has 0 N–H and O–H groups in total. The third kappa shape index (κ3) is 1.95. The first-order valence-electron chi connectivity index (χ1n) is 6.66. The van der Waals surface area contributed by atoms with Crippen LogP contribution in [0.25, 0.3) is 16.8 Å². The van der Waals surface area contributed by atoms with Gasteiger partial charge in [-0.15, -0.1) is 0 Å². The lowest BCUT2D eigenvalue weighted by Gasteiger charge is -2.18. The van der Waals surface area contributed by atoms with Gasteiger partial charge in [-0.3, -0.25) is 0 Å². The molecule has 0 spiro atoms. The maximum absolute atomic E-state index is 5.72. The van der Waals surface area contributed by atoms with E-state index in [0.29, 0.717) is 13.2 Å². The lowest BCUT2D eigenvalue weighted by Crippen LogP contribution is -2.01. The molecular weight excluding hydrogens is 252 g/mol. The van der Waals surface area contributed by atoms with Crippen molar-refractivity contribution in [2.24, 2.45) is 0 Å². The Hall–Kier alpha value is -2.00. The molecule has 1 aliphatic heterocycles. The quantitative estimate of drug-likeness (QED) is 0.831. The summed E-state index contributed by atoms with van der Waals surface area (Å²) in [6.45, 7) is 3.24. The van der Waals surface area contributed by atoms with E-state index < -0.39 is 0 Å². The highest BCUT2D eigenvalue weighted by Crippen LogP contribution is 2.42. The van der Waals surface area contributed by atoms with Crippen LogP contribution >= 0.6 is 0 Å². The average Bonchev–Trinajstić information content (AvgIpc) is 2.65. The van der Waals surface area contributed by atoms with E-state index in [2.05, 4.69) is 25.1 Å². The van der Waals surface area contributed by atoms with Crippen LogP contribution in [0.15, 0.2) is 29.8 Å². The predicted molar refractivity (Wildman–Crippen MR) is 80.4 cm³/mol. The molecule has 0 saturated heterocycles. The molecule has 3 nitrogen and oxygen atoms in total. The molecule has 3 heteroatoms. The Labute approximate surface area is 118 Å². The van der Waals surface area contributed by atoms with E-state index in [1.54, 1.807) is 14.2 Å². The lowest BCUT2D eigenvalue weighted by atomic mass is 9.97. The maximum atomic E-state index is 5.72. The standard InChI is InChI=1S/C17H18O3/c1-11-8-14-15(10-20-9-11)17(19-3)13-7-5-4-6-12(13)16(14)18-2/h4-8H,9-10H2,1-3H3. The molecule has 0 unspecified atom stereocenters. The van der Waals surface area contributed by atoms with Crippen LogP contribution in [0.3, 0.4) is 0 Å². The number of fused-ring (bicyclic) bond motifs is 2. The van der Waals surface area contributed by atoms with Crippen molar-refractivity contribution < 1.29 is 14.2 Å². The zero-order valence-corrected chi connectivity index (χ0v) is 12.0. The van der Waals surface area contributed by atoms with Crippen LogP contribution in [0.5, 0.6) is 11.5 Å². The highest BCUT2D eigenvalue weighted by molar-refractivity contribution is 5.98. The summed E-state index contributed by atoms with van der Waals surface area (Å²) in [6, 6.07) is 8.14. The molecule has 2 aromatic carbocycles. The maximum Gasteiger partial charge on any atom is 0.134 e. The number of hydrogen-bond acceptors (Lipinski definition) is 3. The molecule has 1 aliphatic rings. The van der Waals surface area contributed by atoms with Gasteiger partial charge in [-0.2, -0.15) is 0 Å². The topological polar surface area (TPSA) is 27.7 Å². The second-order valence-corrected chi connectivity index (χ2v) is 4.99. The Morgan fingerprint density at radius 1 is 0.950 bits per heavy atom. The van der Waals surface area contributed by atoms with E-state index in [1.165, 1.54) is 5.57 Å². The molecule has 0 radical (unpaired) electrons. The summed E-state index contributed by atoms with van der Waals surface area (Å²) < 4.78 is 17.0. The Balaban J connectivity index is 2.45. The number of rotatable bonds is 2. The summed E-state index contributed by atoms with van der Waals surface area (Å²) >= 11 is 0. The van der Waals surface area contributed by atoms with Crippen molar-refractivity contribution in [3.05, 3.63) is 41.0 Å². The molecule has 0 saturated carbocycles. The molecule has 104 valence electrons. The van der Waals surface area contributed by atoms with Crippen molar-refractivity contribution in [3.8, 4) is 11.5 Å². The fourth-order valence-electron chi connectivity index (χ4n) is 2.80. The molecular formula is C17H18O3. The molecule has 0 amide bonds. The fourth-order valence-corrected chi connectivity index (χ4v) is 2.80. The van der Waals surface area contributed by atoms with Crippen LogP contribution in [0.1, 0.15) is 18.1 Å². The van der Waals surface area contributed by atoms with Crippen molar-refractivity contribution >= 4 is 16.8 Å². The Kier molecular flexibility index (Phi) is 3.36. The van der Waals surface area contributed by atoms with E-state index in [0.717, 1.165) is 33.4 Å². The number of methoxy groups -OCH3 is 2. The minimum atomic E-state index is 0.535. The predicted octanol–water partition coefficient (Wildman–Crippen LogP) is 3.79. The first-order chi connectivity index (χ1) is 9.76. The van der Waals surface area contributed by atoms with E-state index in [-0.39, 0.29) is 0 Å². The van der Waals surface area contributed by atoms with E-state index in [1.807, 2.05) is 12.1 Å². The van der Waals surface area contributed by atoms with Gasteiger partial charge in [0.1, 0.15) is 11.5 Å². The van der Waals surface area contributed by atoms with E-state index in [4.69, 9.17) is 14.2 Å². The summed E-state index contributed by atoms with van der Waals surface area (Å²) in [6.07, 6.45) is 2.14. The van der Waals surface area contributed by atoms with Crippen molar-refractivity contribution in [3.63, 3.8) is 0 Å². The van der Waals surface area contributed by atoms with Gasteiger partial charge in [0.25, 0.3) is 0 Å². The van der Waals surface area contributed by atoms with Crippen LogP contribution in [0, 0.1) is 0 Å². The number of benzene rings is 2. The molecule has 2 aromatic rings. The van der Waals surface area contributed by atoms with Gasteiger partial charge in [-0.05, 0) is 18.6 Å². The van der Waals surface area contributed by atoms with Crippen LogP contribution < -0.4 is 9.47 Å². The summed E-state index contributed by atoms with van der Waals surface area (Å²) in [5, 5.41) is 2.12. The summed E-state index contributed by atoms with van der Waals surface area (Å²) in [4.78, 5) is 0. The molecule has 0 atom stereocenters. The van der Waals surface area contributed by atoms with Crippen LogP contribution in [0.4, 0.5) is 0 Å². The summed E-state index contributed by atoms with van der Waals surface area (Å²) in [5.41, 5.74) is 3.30. The van der Waals surface area contributed by atoms with Crippen molar-refractivity contribution in [1.82, 2.24) is 0 Å². The summed E-state index contributed by atoms with van der Waals surface area (Å²) in [7, 11) is 3.42. The van der Waals surface area contributed by atoms with Gasteiger partial charge in [0.2, 0.25) is 0 Å². The largest absolute Gasteiger partial charge is 0.496 e. The number of hydrogen-bond donors (Lipinski definition) is 0. The SMILES string of the molecule is COc1c2c(c(OC)c3ccccc13)COCC(C)=C2. The zero-order valence-electron chi connectivity index (χ0n) is 12.0. The minimum absolute atomic E-state index is 0.535.